The Morgan fingerprint density at radius 3 is 1.88 bits per heavy atom. The Balaban J connectivity index is 0. The lowest BCUT2D eigenvalue weighted by atomic mass is 10.7. The smallest absolute Gasteiger partial charge is 0.260 e. The highest BCUT2D eigenvalue weighted by molar-refractivity contribution is 7.86. The fourth-order valence-corrected chi connectivity index (χ4v) is 1.05. The van der Waals surface area contributed by atoms with Crippen LogP contribution >= 0.6 is 0 Å². The molecule has 0 amide bonds. The van der Waals surface area contributed by atoms with Crippen molar-refractivity contribution in [2.75, 3.05) is 12.4 Å². The largest absolute Gasteiger partial charge is 0.413 e. The summed E-state index contributed by atoms with van der Waals surface area (Å²) in [4.78, 5) is 0. The maximum atomic E-state index is 11.4. The molecule has 0 bridgehead atoms. The number of alkyl halides is 6. The Kier molecular flexibility index (Phi) is 8.25. The van der Waals surface area contributed by atoms with E-state index in [-0.39, 0.29) is 0 Å². The third kappa shape index (κ3) is 18.9. The predicted octanol–water partition coefficient (Wildman–Crippen LogP) is 2.26. The third-order valence-electron chi connectivity index (χ3n) is 0.724. The Morgan fingerprint density at radius 1 is 1.25 bits per heavy atom. The van der Waals surface area contributed by atoms with Crippen LogP contribution in [0.5, 0.6) is 0 Å². The van der Waals surface area contributed by atoms with Crippen LogP contribution in [0, 0.1) is 0 Å². The summed E-state index contributed by atoms with van der Waals surface area (Å²) in [7, 11) is -4.10. The van der Waals surface area contributed by atoms with Crippen LogP contribution in [0.3, 0.4) is 0 Å². The first-order valence-electron chi connectivity index (χ1n) is 3.47. The molecule has 0 atom stereocenters. The predicted molar refractivity (Wildman–Crippen MR) is 43.1 cm³/mol. The van der Waals surface area contributed by atoms with Crippen LogP contribution in [0.15, 0.2) is 12.7 Å². The van der Waals surface area contributed by atoms with E-state index in [4.69, 9.17) is 0 Å². The van der Waals surface area contributed by atoms with Gasteiger partial charge >= 0.3 is 12.9 Å². The lowest BCUT2D eigenvalue weighted by Gasteiger charge is -2.05. The third-order valence-corrected chi connectivity index (χ3v) is 1.85. The first-order valence-corrected chi connectivity index (χ1v) is 5.05. The summed E-state index contributed by atoms with van der Waals surface area (Å²) in [6.45, 7) is -2.41. The molecule has 0 N–H and O–H groups in total. The molecule has 0 aliphatic carbocycles. The first kappa shape index (κ1) is 17.6. The second kappa shape index (κ2) is 7.49. The van der Waals surface area contributed by atoms with Gasteiger partial charge in [-0.2, -0.15) is 34.8 Å². The van der Waals surface area contributed by atoms with E-state index in [1.54, 1.807) is 0 Å². The summed E-state index contributed by atoms with van der Waals surface area (Å²) >= 11 is 0. The first-order chi connectivity index (χ1) is 7.00. The molecule has 0 heterocycles. The summed E-state index contributed by atoms with van der Waals surface area (Å²) in [6.07, 6.45) is -3.68. The number of rotatable bonds is 4. The SMILES string of the molecule is C=CCS(=O)(=O)OCC(F)(F)F.FC(F)F. The second-order valence-corrected chi connectivity index (χ2v) is 3.82. The fraction of sp³-hybridized carbons (Fsp3) is 0.667. The average molecular weight is 274 g/mol. The van der Waals surface area contributed by atoms with E-state index in [0.717, 1.165) is 6.08 Å². The van der Waals surface area contributed by atoms with E-state index < -0.39 is 35.3 Å². The van der Waals surface area contributed by atoms with E-state index in [0.29, 0.717) is 0 Å². The molecule has 0 aliphatic heterocycles. The maximum Gasteiger partial charge on any atom is 0.413 e. The Bertz CT molecular complexity index is 280. The van der Waals surface area contributed by atoms with Gasteiger partial charge in [-0.15, -0.1) is 6.58 Å². The van der Waals surface area contributed by atoms with Crippen molar-refractivity contribution in [1.29, 1.82) is 0 Å². The summed E-state index contributed by atoms with van der Waals surface area (Å²) < 4.78 is 87.8. The molecule has 0 aromatic rings. The van der Waals surface area contributed by atoms with Crippen molar-refractivity contribution in [3.05, 3.63) is 12.7 Å². The molecule has 0 rings (SSSR count). The van der Waals surface area contributed by atoms with Gasteiger partial charge < -0.3 is 0 Å². The topological polar surface area (TPSA) is 43.4 Å². The number of halogens is 6. The van der Waals surface area contributed by atoms with Gasteiger partial charge in [-0.1, -0.05) is 6.08 Å². The lowest BCUT2D eigenvalue weighted by Crippen LogP contribution is -2.21. The van der Waals surface area contributed by atoms with Crippen LogP contribution in [0.2, 0.25) is 0 Å². The fourth-order valence-electron chi connectivity index (χ4n) is 0.349. The van der Waals surface area contributed by atoms with Crippen molar-refractivity contribution in [2.24, 2.45) is 0 Å². The molecular formula is C6H8F6O3S. The molecule has 98 valence electrons. The molecular weight excluding hydrogens is 266 g/mol. The molecule has 0 spiro atoms. The van der Waals surface area contributed by atoms with Gasteiger partial charge in [-0.05, 0) is 0 Å². The van der Waals surface area contributed by atoms with Gasteiger partial charge in [0.05, 0.1) is 5.75 Å². The van der Waals surface area contributed by atoms with Gasteiger partial charge in [0.2, 0.25) is 0 Å². The van der Waals surface area contributed by atoms with Crippen molar-refractivity contribution < 1.29 is 38.9 Å². The van der Waals surface area contributed by atoms with Gasteiger partial charge in [0.1, 0.15) is 0 Å². The second-order valence-electron chi connectivity index (χ2n) is 2.14. The number of hydrogen-bond donors (Lipinski definition) is 0. The zero-order valence-electron chi connectivity index (χ0n) is 7.68. The van der Waals surface area contributed by atoms with E-state index in [1.807, 2.05) is 0 Å². The Morgan fingerprint density at radius 2 is 1.62 bits per heavy atom. The van der Waals surface area contributed by atoms with Crippen LogP contribution in [-0.4, -0.2) is 33.6 Å². The minimum atomic E-state index is -4.63. The van der Waals surface area contributed by atoms with Crippen molar-refractivity contribution in [2.45, 2.75) is 12.9 Å². The van der Waals surface area contributed by atoms with Crippen LogP contribution < -0.4 is 0 Å². The van der Waals surface area contributed by atoms with Crippen molar-refractivity contribution >= 4 is 10.1 Å². The standard InChI is InChI=1S/C5H7F3O3S.CHF3/c1-2-3-12(9,10)11-4-5(6,7)8;2-1(3)4/h2H,1,3-4H2;1H. The molecule has 0 fully saturated rings. The molecule has 0 unspecified atom stereocenters. The quantitative estimate of drug-likeness (QED) is 0.448. The van der Waals surface area contributed by atoms with Crippen LogP contribution in [0.4, 0.5) is 26.3 Å². The van der Waals surface area contributed by atoms with Crippen LogP contribution in [0.25, 0.3) is 0 Å². The Labute approximate surface area is 87.8 Å². The molecule has 10 heteroatoms. The van der Waals surface area contributed by atoms with E-state index >= 15 is 0 Å². The highest BCUT2D eigenvalue weighted by Crippen LogP contribution is 2.15. The molecule has 3 nitrogen and oxygen atoms in total. The van der Waals surface area contributed by atoms with Gasteiger partial charge in [0, 0.05) is 0 Å². The monoisotopic (exact) mass is 274 g/mol. The van der Waals surface area contributed by atoms with E-state index in [9.17, 15) is 34.8 Å². The summed E-state index contributed by atoms with van der Waals surface area (Å²) in [5.41, 5.74) is 0. The minimum absolute atomic E-state index is 0.622. The van der Waals surface area contributed by atoms with Gasteiger partial charge in [-0.25, -0.2) is 0 Å². The van der Waals surface area contributed by atoms with E-state index in [1.165, 1.54) is 0 Å². The summed E-state index contributed by atoms with van der Waals surface area (Å²) in [6, 6.07) is 0. The van der Waals surface area contributed by atoms with Crippen LogP contribution in [0.1, 0.15) is 0 Å². The Hall–Kier alpha value is -0.770. The molecule has 16 heavy (non-hydrogen) atoms. The average Bonchev–Trinajstić information content (AvgIpc) is 1.98. The van der Waals surface area contributed by atoms with Crippen molar-refractivity contribution in [1.82, 2.24) is 0 Å². The summed E-state index contributed by atoms with van der Waals surface area (Å²) in [5, 5.41) is 0. The molecule has 0 saturated carbocycles. The highest BCUT2D eigenvalue weighted by atomic mass is 32.2. The van der Waals surface area contributed by atoms with Gasteiger partial charge in [0.15, 0.2) is 6.61 Å². The van der Waals surface area contributed by atoms with Crippen LogP contribution in [-0.2, 0) is 14.3 Å². The van der Waals surface area contributed by atoms with Crippen molar-refractivity contribution in [3.8, 4) is 0 Å². The lowest BCUT2D eigenvalue weighted by molar-refractivity contribution is -0.152. The minimum Gasteiger partial charge on any atom is -0.260 e. The summed E-state index contributed by atoms with van der Waals surface area (Å²) in [5.74, 6) is -0.622. The normalized spacial score (nSPS) is 11.9. The molecule has 0 saturated heterocycles. The van der Waals surface area contributed by atoms with Crippen molar-refractivity contribution in [3.63, 3.8) is 0 Å². The number of hydrogen-bond acceptors (Lipinski definition) is 3. The zero-order chi connectivity index (χ0) is 13.4. The molecule has 0 aromatic heterocycles. The van der Waals surface area contributed by atoms with Gasteiger partial charge in [-0.3, -0.25) is 4.18 Å². The highest BCUT2D eigenvalue weighted by Gasteiger charge is 2.30. The zero-order valence-corrected chi connectivity index (χ0v) is 8.49. The maximum absolute atomic E-state index is 11.4. The van der Waals surface area contributed by atoms with Gasteiger partial charge in [0.25, 0.3) is 10.1 Å². The van der Waals surface area contributed by atoms with E-state index in [2.05, 4.69) is 10.8 Å². The molecule has 0 radical (unpaired) electrons. The molecule has 0 aliphatic rings. The molecule has 0 aromatic carbocycles.